The van der Waals surface area contributed by atoms with Gasteiger partial charge in [-0.25, -0.2) is 31.5 Å². The van der Waals surface area contributed by atoms with Gasteiger partial charge in [-0.1, -0.05) is 12.6 Å². The lowest BCUT2D eigenvalue weighted by Gasteiger charge is -2.40. The summed E-state index contributed by atoms with van der Waals surface area (Å²) in [6.45, 7) is 7.71. The van der Waals surface area contributed by atoms with Gasteiger partial charge in [-0.2, -0.15) is 4.98 Å². The first-order valence-corrected chi connectivity index (χ1v) is 16.1. The Morgan fingerprint density at radius 3 is 2.54 bits per heavy atom. The van der Waals surface area contributed by atoms with Crippen LogP contribution in [0.5, 0.6) is 5.75 Å². The normalized spacial score (nSPS) is 16.9. The monoisotopic (exact) mass is 651 g/mol. The van der Waals surface area contributed by atoms with E-state index >= 15 is 8.78 Å². The van der Waals surface area contributed by atoms with Crippen molar-refractivity contribution in [2.75, 3.05) is 35.9 Å². The number of halogens is 2. The minimum absolute atomic E-state index is 0.0422. The van der Waals surface area contributed by atoms with Gasteiger partial charge < -0.3 is 14.9 Å². The molecule has 3 aromatic heterocycles. The number of aryl methyl sites for hydroxylation is 1. The van der Waals surface area contributed by atoms with Crippen molar-refractivity contribution in [2.24, 2.45) is 0 Å². The number of hydrogen-bond donors (Lipinski definition) is 1. The number of pyridine rings is 2. The van der Waals surface area contributed by atoms with Crippen LogP contribution >= 0.6 is 0 Å². The van der Waals surface area contributed by atoms with E-state index in [1.807, 2.05) is 6.92 Å². The van der Waals surface area contributed by atoms with Crippen LogP contribution in [0.15, 0.2) is 54.0 Å². The molecule has 1 saturated carbocycles. The molecule has 0 spiro atoms. The third-order valence-corrected chi connectivity index (χ3v) is 10.7. The van der Waals surface area contributed by atoms with Crippen LogP contribution in [-0.4, -0.2) is 81.8 Å². The van der Waals surface area contributed by atoms with Crippen LogP contribution in [-0.2, 0) is 14.8 Å². The lowest BCUT2D eigenvalue weighted by Crippen LogP contribution is -2.54. The van der Waals surface area contributed by atoms with Gasteiger partial charge in [-0.15, -0.1) is 0 Å². The fourth-order valence-electron chi connectivity index (χ4n) is 5.85. The summed E-state index contributed by atoms with van der Waals surface area (Å²) in [5.74, 6) is -2.69. The fourth-order valence-corrected chi connectivity index (χ4v) is 7.45. The Kier molecular flexibility index (Phi) is 7.74. The molecule has 0 unspecified atom stereocenters. The number of nitrogens with zero attached hydrogens (tertiary/aromatic N) is 7. The summed E-state index contributed by atoms with van der Waals surface area (Å²) in [6, 6.07) is 5.61. The Bertz CT molecular complexity index is 2060. The molecule has 1 N–H and O–H groups in total. The molecule has 12 nitrogen and oxygen atoms in total. The minimum Gasteiger partial charge on any atom is -0.507 e. The molecule has 1 aliphatic carbocycles. The quantitative estimate of drug-likeness (QED) is 0.298. The lowest BCUT2D eigenvalue weighted by molar-refractivity contribution is -0.126. The topological polar surface area (TPSA) is 142 Å². The number of piperazine rings is 1. The molecule has 1 amide bonds. The molecule has 1 saturated heterocycles. The first kappa shape index (κ1) is 31.1. The van der Waals surface area contributed by atoms with Crippen molar-refractivity contribution in [1.82, 2.24) is 24.4 Å². The molecule has 0 bridgehead atoms. The molecule has 240 valence electrons. The number of phenolic OH excluding ortho intramolecular Hbond substituents is 1. The Labute approximate surface area is 263 Å². The van der Waals surface area contributed by atoms with Gasteiger partial charge in [0, 0.05) is 38.9 Å². The van der Waals surface area contributed by atoms with Gasteiger partial charge in [0.25, 0.3) is 0 Å². The number of aromatic hydroxyl groups is 1. The molecule has 1 aliphatic heterocycles. The van der Waals surface area contributed by atoms with Crippen LogP contribution in [0.2, 0.25) is 0 Å². The highest BCUT2D eigenvalue weighted by Gasteiger charge is 2.40. The van der Waals surface area contributed by atoms with Gasteiger partial charge in [-0.3, -0.25) is 14.1 Å². The maximum Gasteiger partial charge on any atom is 0.355 e. The van der Waals surface area contributed by atoms with E-state index < -0.39 is 49.6 Å². The molecule has 1 atom stereocenters. The second-order valence-electron chi connectivity index (χ2n) is 11.4. The van der Waals surface area contributed by atoms with Crippen molar-refractivity contribution in [3.63, 3.8) is 0 Å². The summed E-state index contributed by atoms with van der Waals surface area (Å²) in [4.78, 5) is 42.8. The van der Waals surface area contributed by atoms with E-state index in [9.17, 15) is 23.1 Å². The van der Waals surface area contributed by atoms with Crippen molar-refractivity contribution >= 4 is 38.5 Å². The molecule has 4 aromatic rings. The summed E-state index contributed by atoms with van der Waals surface area (Å²) in [7, 11) is -2.41. The van der Waals surface area contributed by atoms with Crippen molar-refractivity contribution in [3.8, 4) is 22.7 Å². The predicted molar refractivity (Wildman–Crippen MR) is 169 cm³/mol. The van der Waals surface area contributed by atoms with Crippen molar-refractivity contribution < 1.29 is 27.1 Å². The van der Waals surface area contributed by atoms with Gasteiger partial charge >= 0.3 is 5.69 Å². The number of sulfonamides is 1. The average molecular weight is 652 g/mol. The van der Waals surface area contributed by atoms with Gasteiger partial charge in [0.1, 0.15) is 23.1 Å². The van der Waals surface area contributed by atoms with Crippen LogP contribution in [0.25, 0.3) is 28.0 Å². The van der Waals surface area contributed by atoms with Crippen molar-refractivity contribution in [1.29, 1.82) is 0 Å². The maximum atomic E-state index is 16.0. The summed E-state index contributed by atoms with van der Waals surface area (Å²) >= 11 is 0. The zero-order valence-corrected chi connectivity index (χ0v) is 26.1. The molecule has 2 fully saturated rings. The Morgan fingerprint density at radius 1 is 1.15 bits per heavy atom. The molecule has 6 rings (SSSR count). The number of amides is 1. The Morgan fingerprint density at radius 2 is 1.89 bits per heavy atom. The number of phenols is 1. The number of rotatable bonds is 7. The second-order valence-corrected chi connectivity index (χ2v) is 13.6. The SMILES string of the molecule is C=CC(=O)N1CCN(c2nc(=O)n(-c3c(N(C)S(=O)(=O)C4CC4)ccnc3C)c3nc(-c4c(O)cccc4F)c(F)cc23)[C@@H](C)C1. The predicted octanol–water partition coefficient (Wildman–Crippen LogP) is 3.29. The molecule has 46 heavy (non-hydrogen) atoms. The Hall–Kier alpha value is -4.92. The van der Waals surface area contributed by atoms with Gasteiger partial charge in [0.05, 0.1) is 33.3 Å². The van der Waals surface area contributed by atoms with Gasteiger partial charge in [-0.05, 0) is 57.0 Å². The van der Waals surface area contributed by atoms with Crippen LogP contribution in [0.1, 0.15) is 25.5 Å². The standard InChI is InChI=1S/C31H31F2N7O5S/c1-5-25(42)38-13-14-39(17(2)16-38)29-20-15-22(33)27(26-21(32)7-6-8-24(26)41)35-30(20)40(31(43)36-29)28-18(3)34-12-11-23(28)37(4)46(44,45)19-9-10-19/h5-8,11-12,15,17,19,41H,1,9-10,13-14,16H2,2-4H3/t17-/m0/s1. The Balaban J connectivity index is 1.65. The second kappa shape index (κ2) is 11.5. The number of carbonyl (C=O) groups excluding carboxylic acids is 1. The van der Waals surface area contributed by atoms with E-state index in [1.165, 1.54) is 37.5 Å². The molecule has 1 aromatic carbocycles. The largest absolute Gasteiger partial charge is 0.507 e. The summed E-state index contributed by atoms with van der Waals surface area (Å²) in [5, 5.41) is 10.0. The van der Waals surface area contributed by atoms with Crippen LogP contribution in [0, 0.1) is 18.6 Å². The summed E-state index contributed by atoms with van der Waals surface area (Å²) < 4.78 is 59.8. The molecule has 4 heterocycles. The number of benzene rings is 1. The number of anilines is 2. The number of hydrogen-bond acceptors (Lipinski definition) is 9. The molecular formula is C31H31F2N7O5S. The average Bonchev–Trinajstić information content (AvgIpc) is 3.87. The first-order valence-electron chi connectivity index (χ1n) is 14.6. The van der Waals surface area contributed by atoms with Gasteiger partial charge in [0.2, 0.25) is 15.9 Å². The highest BCUT2D eigenvalue weighted by atomic mass is 32.2. The zero-order chi connectivity index (χ0) is 33.1. The van der Waals surface area contributed by atoms with Gasteiger partial charge in [0.15, 0.2) is 11.5 Å². The summed E-state index contributed by atoms with van der Waals surface area (Å²) in [5.41, 5.74) is -1.72. The number of fused-ring (bicyclic) bond motifs is 1. The fraction of sp³-hybridized carbons (Fsp3) is 0.323. The highest BCUT2D eigenvalue weighted by molar-refractivity contribution is 7.93. The van der Waals surface area contributed by atoms with E-state index in [-0.39, 0.29) is 65.5 Å². The molecular weight excluding hydrogens is 620 g/mol. The van der Waals surface area contributed by atoms with E-state index in [1.54, 1.807) is 16.7 Å². The number of carbonyl (C=O) groups is 1. The summed E-state index contributed by atoms with van der Waals surface area (Å²) in [6.07, 6.45) is 3.63. The first-order chi connectivity index (χ1) is 21.8. The number of aromatic nitrogens is 4. The molecule has 15 heteroatoms. The third kappa shape index (κ3) is 5.13. The van der Waals surface area contributed by atoms with Crippen LogP contribution in [0.4, 0.5) is 20.3 Å². The lowest BCUT2D eigenvalue weighted by atomic mass is 10.1. The molecule has 0 radical (unpaired) electrons. The zero-order valence-electron chi connectivity index (χ0n) is 25.3. The van der Waals surface area contributed by atoms with Crippen molar-refractivity contribution in [2.45, 2.75) is 38.0 Å². The maximum absolute atomic E-state index is 16.0. The van der Waals surface area contributed by atoms with E-state index in [0.29, 0.717) is 12.8 Å². The van der Waals surface area contributed by atoms with E-state index in [0.717, 1.165) is 21.0 Å². The smallest absolute Gasteiger partial charge is 0.355 e. The van der Waals surface area contributed by atoms with Crippen LogP contribution in [0.3, 0.4) is 0 Å². The van der Waals surface area contributed by atoms with E-state index in [4.69, 9.17) is 0 Å². The third-order valence-electron chi connectivity index (χ3n) is 8.39. The van der Waals surface area contributed by atoms with Crippen LogP contribution < -0.4 is 14.9 Å². The highest BCUT2D eigenvalue weighted by Crippen LogP contribution is 2.39. The molecule has 2 aliphatic rings. The minimum atomic E-state index is -3.79. The van der Waals surface area contributed by atoms with E-state index in [2.05, 4.69) is 21.5 Å². The van der Waals surface area contributed by atoms with Crippen molar-refractivity contribution in [3.05, 3.63) is 77.0 Å².